The van der Waals surface area contributed by atoms with Crippen molar-refractivity contribution in [2.45, 2.75) is 26.3 Å². The Bertz CT molecular complexity index is 817. The summed E-state index contributed by atoms with van der Waals surface area (Å²) in [6.07, 6.45) is -0.166. The monoisotopic (exact) mass is 346 g/mol. The number of carbonyl (C=O) groups excluding carboxylic acids is 1. The van der Waals surface area contributed by atoms with Crippen LogP contribution in [-0.2, 0) is 4.79 Å². The number of benzene rings is 1. The van der Waals surface area contributed by atoms with Gasteiger partial charge in [-0.1, -0.05) is 5.21 Å². The molecule has 0 fully saturated rings. The molecule has 3 rings (SSSR count). The van der Waals surface area contributed by atoms with Crippen molar-refractivity contribution in [2.24, 2.45) is 0 Å². The lowest BCUT2D eigenvalue weighted by atomic mass is 10.2. The molecule has 2 N–H and O–H groups in total. The van der Waals surface area contributed by atoms with Crippen molar-refractivity contribution in [3.63, 3.8) is 0 Å². The van der Waals surface area contributed by atoms with Gasteiger partial charge in [-0.25, -0.2) is 4.68 Å². The predicted octanol–water partition coefficient (Wildman–Crippen LogP) is 0.940. The zero-order chi connectivity index (χ0) is 18.0. The Kier molecular flexibility index (Phi) is 4.55. The van der Waals surface area contributed by atoms with E-state index in [9.17, 15) is 9.59 Å². The summed E-state index contributed by atoms with van der Waals surface area (Å²) in [5.74, 6) is -0.174. The molecule has 1 aliphatic heterocycles. The Labute approximate surface area is 143 Å². The minimum Gasteiger partial charge on any atom is -0.486 e. The number of carboxylic acid groups (broad SMARTS) is 1. The van der Waals surface area contributed by atoms with Crippen LogP contribution in [0.5, 0.6) is 11.5 Å². The first-order valence-corrected chi connectivity index (χ1v) is 7.80. The highest BCUT2D eigenvalue weighted by molar-refractivity contribution is 5.93. The molecule has 0 spiro atoms. The molecule has 25 heavy (non-hydrogen) atoms. The van der Waals surface area contributed by atoms with Crippen molar-refractivity contribution >= 4 is 11.9 Å². The minimum absolute atomic E-state index is 0.145. The van der Waals surface area contributed by atoms with Gasteiger partial charge in [-0.15, -0.1) is 5.10 Å². The maximum Gasteiger partial charge on any atom is 0.305 e. The second kappa shape index (κ2) is 6.80. The van der Waals surface area contributed by atoms with Gasteiger partial charge in [0, 0.05) is 12.1 Å². The molecule has 1 aliphatic rings. The second-order valence-electron chi connectivity index (χ2n) is 5.74. The molecule has 9 nitrogen and oxygen atoms in total. The first-order chi connectivity index (χ1) is 12.0. The molecule has 1 atom stereocenters. The minimum atomic E-state index is -0.982. The zero-order valence-corrected chi connectivity index (χ0v) is 13.9. The van der Waals surface area contributed by atoms with E-state index in [1.54, 1.807) is 32.0 Å². The third kappa shape index (κ3) is 3.54. The van der Waals surface area contributed by atoms with Gasteiger partial charge in [0.15, 0.2) is 17.2 Å². The quantitative estimate of drug-likeness (QED) is 0.827. The summed E-state index contributed by atoms with van der Waals surface area (Å²) in [6.45, 7) is 4.32. The summed E-state index contributed by atoms with van der Waals surface area (Å²) in [5, 5.41) is 19.3. The van der Waals surface area contributed by atoms with Crippen LogP contribution in [0.15, 0.2) is 18.2 Å². The number of nitrogens with one attached hydrogen (secondary N) is 1. The van der Waals surface area contributed by atoms with E-state index < -0.39 is 17.9 Å². The summed E-state index contributed by atoms with van der Waals surface area (Å²) < 4.78 is 12.6. The fourth-order valence-electron chi connectivity index (χ4n) is 2.55. The molecule has 1 aromatic heterocycles. The van der Waals surface area contributed by atoms with Crippen LogP contribution < -0.4 is 14.8 Å². The molecule has 0 saturated carbocycles. The molecular weight excluding hydrogens is 328 g/mol. The van der Waals surface area contributed by atoms with Gasteiger partial charge < -0.3 is 19.9 Å². The van der Waals surface area contributed by atoms with Crippen LogP contribution >= 0.6 is 0 Å². The summed E-state index contributed by atoms with van der Waals surface area (Å²) in [7, 11) is 0. The van der Waals surface area contributed by atoms with E-state index in [-0.39, 0.29) is 12.1 Å². The van der Waals surface area contributed by atoms with Gasteiger partial charge in [-0.3, -0.25) is 9.59 Å². The van der Waals surface area contributed by atoms with E-state index in [0.29, 0.717) is 36.1 Å². The average Bonchev–Trinajstić information content (AvgIpc) is 2.95. The fourth-order valence-corrected chi connectivity index (χ4v) is 2.55. The predicted molar refractivity (Wildman–Crippen MR) is 86.3 cm³/mol. The van der Waals surface area contributed by atoms with Crippen LogP contribution in [0.1, 0.15) is 29.5 Å². The van der Waals surface area contributed by atoms with E-state index in [0.717, 1.165) is 0 Å². The first kappa shape index (κ1) is 16.7. The van der Waals surface area contributed by atoms with Gasteiger partial charge in [-0.05, 0) is 26.0 Å². The highest BCUT2D eigenvalue weighted by Crippen LogP contribution is 2.32. The van der Waals surface area contributed by atoms with Crippen LogP contribution in [0.3, 0.4) is 0 Å². The number of ether oxygens (including phenoxy) is 2. The summed E-state index contributed by atoms with van der Waals surface area (Å²) in [6, 6.07) is 4.83. The molecule has 9 heteroatoms. The van der Waals surface area contributed by atoms with Gasteiger partial charge in [-0.2, -0.15) is 0 Å². The standard InChI is InChI=1S/C16H18N4O5/c1-9(7-14(21)22)17-16(23)15-10(2)20(19-18-15)11-3-4-12-13(8-11)25-6-5-24-12/h3-4,8-9H,5-7H2,1-2H3,(H,17,23)(H,21,22). The van der Waals surface area contributed by atoms with Crippen molar-refractivity contribution in [3.05, 3.63) is 29.6 Å². The van der Waals surface area contributed by atoms with Gasteiger partial charge in [0.1, 0.15) is 13.2 Å². The lowest BCUT2D eigenvalue weighted by Gasteiger charge is -2.18. The van der Waals surface area contributed by atoms with Crippen molar-refractivity contribution < 1.29 is 24.2 Å². The molecule has 2 heterocycles. The number of fused-ring (bicyclic) bond motifs is 1. The van der Waals surface area contributed by atoms with Crippen LogP contribution in [0.2, 0.25) is 0 Å². The van der Waals surface area contributed by atoms with Gasteiger partial charge in [0.25, 0.3) is 5.91 Å². The van der Waals surface area contributed by atoms with Crippen molar-refractivity contribution in [1.82, 2.24) is 20.3 Å². The SMILES string of the molecule is Cc1c(C(=O)NC(C)CC(=O)O)nnn1-c1ccc2c(c1)OCCO2. The maximum atomic E-state index is 12.3. The van der Waals surface area contributed by atoms with E-state index >= 15 is 0 Å². The molecule has 1 unspecified atom stereocenters. The molecule has 0 aliphatic carbocycles. The van der Waals surface area contributed by atoms with Gasteiger partial charge in [0.05, 0.1) is 17.8 Å². The maximum absolute atomic E-state index is 12.3. The third-order valence-corrected chi connectivity index (χ3v) is 3.74. The molecule has 2 aromatic rings. The van der Waals surface area contributed by atoms with Gasteiger partial charge >= 0.3 is 5.97 Å². The lowest BCUT2D eigenvalue weighted by Crippen LogP contribution is -2.34. The van der Waals surface area contributed by atoms with Crippen molar-refractivity contribution in [3.8, 4) is 17.2 Å². The number of hydrogen-bond acceptors (Lipinski definition) is 6. The van der Waals surface area contributed by atoms with Crippen molar-refractivity contribution in [1.29, 1.82) is 0 Å². The molecule has 1 aromatic carbocycles. The Hall–Kier alpha value is -3.10. The number of carboxylic acids is 1. The van der Waals surface area contributed by atoms with E-state index in [4.69, 9.17) is 14.6 Å². The number of amides is 1. The number of nitrogens with zero attached hydrogens (tertiary/aromatic N) is 3. The lowest BCUT2D eigenvalue weighted by molar-refractivity contribution is -0.137. The van der Waals surface area contributed by atoms with E-state index in [1.165, 1.54) is 4.68 Å². The molecule has 0 saturated heterocycles. The van der Waals surface area contributed by atoms with E-state index in [2.05, 4.69) is 15.6 Å². The first-order valence-electron chi connectivity index (χ1n) is 7.80. The van der Waals surface area contributed by atoms with Crippen LogP contribution in [0, 0.1) is 6.92 Å². The summed E-state index contributed by atoms with van der Waals surface area (Å²) >= 11 is 0. The number of aliphatic carboxylic acids is 1. The number of carbonyl (C=O) groups is 2. The molecule has 1 amide bonds. The number of hydrogen-bond donors (Lipinski definition) is 2. The zero-order valence-electron chi connectivity index (χ0n) is 13.9. The number of aromatic nitrogens is 3. The highest BCUT2D eigenvalue weighted by atomic mass is 16.6. The van der Waals surface area contributed by atoms with Crippen molar-refractivity contribution in [2.75, 3.05) is 13.2 Å². The Morgan fingerprint density at radius 3 is 2.76 bits per heavy atom. The molecule has 0 bridgehead atoms. The molecular formula is C16H18N4O5. The fraction of sp³-hybridized carbons (Fsp3) is 0.375. The Morgan fingerprint density at radius 2 is 2.04 bits per heavy atom. The van der Waals surface area contributed by atoms with Crippen LogP contribution in [0.4, 0.5) is 0 Å². The topological polar surface area (TPSA) is 116 Å². The second-order valence-corrected chi connectivity index (χ2v) is 5.74. The normalized spacial score (nSPS) is 14.0. The molecule has 0 radical (unpaired) electrons. The van der Waals surface area contributed by atoms with Crippen LogP contribution in [-0.4, -0.2) is 51.2 Å². The molecule has 132 valence electrons. The largest absolute Gasteiger partial charge is 0.486 e. The summed E-state index contributed by atoms with van der Waals surface area (Å²) in [5.41, 5.74) is 1.37. The smallest absolute Gasteiger partial charge is 0.305 e. The Morgan fingerprint density at radius 1 is 1.32 bits per heavy atom. The van der Waals surface area contributed by atoms with Gasteiger partial charge in [0.2, 0.25) is 0 Å². The highest BCUT2D eigenvalue weighted by Gasteiger charge is 2.21. The summed E-state index contributed by atoms with van der Waals surface area (Å²) in [4.78, 5) is 23.0. The number of rotatable bonds is 5. The van der Waals surface area contributed by atoms with E-state index in [1.807, 2.05) is 0 Å². The average molecular weight is 346 g/mol. The van der Waals surface area contributed by atoms with Crippen LogP contribution in [0.25, 0.3) is 5.69 Å². The third-order valence-electron chi connectivity index (χ3n) is 3.74. The Balaban J connectivity index is 1.81.